The Balaban J connectivity index is 1.50. The number of benzene rings is 3. The van der Waals surface area contributed by atoms with Crippen molar-refractivity contribution >= 4 is 40.4 Å². The first-order chi connectivity index (χ1) is 16.0. The number of hydrogen-bond donors (Lipinski definition) is 1. The molecular formula is C26H18FN3O3. The maximum Gasteiger partial charge on any atom is 0.335 e. The predicted molar refractivity (Wildman–Crippen MR) is 123 cm³/mol. The third-order valence-electron chi connectivity index (χ3n) is 5.56. The fraction of sp³-hybridized carbons (Fsp3) is 0.0385. The Hall–Kier alpha value is -4.52. The second kappa shape index (κ2) is 8.20. The highest BCUT2D eigenvalue weighted by Gasteiger charge is 2.37. The number of imide groups is 2. The fourth-order valence-corrected chi connectivity index (χ4v) is 3.95. The summed E-state index contributed by atoms with van der Waals surface area (Å²) < 4.78 is 15.2. The average Bonchev–Trinajstić information content (AvgIpc) is 3.24. The van der Waals surface area contributed by atoms with Crippen molar-refractivity contribution in [3.63, 3.8) is 0 Å². The molecule has 2 heterocycles. The van der Waals surface area contributed by atoms with E-state index in [0.29, 0.717) is 12.2 Å². The van der Waals surface area contributed by atoms with Gasteiger partial charge in [0.2, 0.25) is 0 Å². The fourth-order valence-electron chi connectivity index (χ4n) is 3.95. The summed E-state index contributed by atoms with van der Waals surface area (Å²) >= 11 is 0. The number of aromatic nitrogens is 1. The molecule has 7 heteroatoms. The van der Waals surface area contributed by atoms with Crippen LogP contribution in [0, 0.1) is 5.82 Å². The number of carbonyl (C=O) groups excluding carboxylic acids is 3. The Kier molecular flexibility index (Phi) is 5.06. The van der Waals surface area contributed by atoms with Crippen LogP contribution in [0.1, 0.15) is 11.3 Å². The highest BCUT2D eigenvalue weighted by Crippen LogP contribution is 2.24. The number of fused-ring (bicyclic) bond motifs is 1. The van der Waals surface area contributed by atoms with Crippen molar-refractivity contribution in [3.05, 3.63) is 108 Å². The van der Waals surface area contributed by atoms with Gasteiger partial charge in [0.15, 0.2) is 0 Å². The molecule has 1 aliphatic heterocycles. The number of hydrogen-bond acceptors (Lipinski definition) is 3. The van der Waals surface area contributed by atoms with Gasteiger partial charge in [0, 0.05) is 18.4 Å². The van der Waals surface area contributed by atoms with E-state index in [9.17, 15) is 18.8 Å². The standard InChI is InChI=1S/C26H18FN3O3/c27-19-10-12-20(13-11-19)30-25(32)23(24(31)28-26(30)33)15-21-8-4-14-29(21)16-18-7-3-6-17-5-1-2-9-22(17)18/h1-15H,16H2,(H,28,31,33)/b23-15+. The first-order valence-corrected chi connectivity index (χ1v) is 10.3. The largest absolute Gasteiger partial charge is 0.344 e. The van der Waals surface area contributed by atoms with Crippen LogP contribution in [-0.2, 0) is 16.1 Å². The molecule has 0 atom stereocenters. The van der Waals surface area contributed by atoms with Gasteiger partial charge in [-0.2, -0.15) is 0 Å². The lowest BCUT2D eigenvalue weighted by Gasteiger charge is -2.26. The lowest BCUT2D eigenvalue weighted by molar-refractivity contribution is -0.122. The number of nitrogens with one attached hydrogen (secondary N) is 1. The molecule has 0 spiro atoms. The molecule has 3 aromatic carbocycles. The van der Waals surface area contributed by atoms with Crippen LogP contribution in [0.15, 0.2) is 90.6 Å². The molecule has 0 unspecified atom stereocenters. The Labute approximate surface area is 188 Å². The molecule has 5 rings (SSSR count). The van der Waals surface area contributed by atoms with Crippen molar-refractivity contribution in [1.29, 1.82) is 0 Å². The van der Waals surface area contributed by atoms with E-state index in [1.807, 2.05) is 53.2 Å². The predicted octanol–water partition coefficient (Wildman–Crippen LogP) is 4.50. The lowest BCUT2D eigenvalue weighted by atomic mass is 10.0. The first-order valence-electron chi connectivity index (χ1n) is 10.3. The molecule has 162 valence electrons. The SMILES string of the molecule is O=C1NC(=O)N(c2ccc(F)cc2)C(=O)/C1=C/c1cccn1Cc1cccc2ccccc12. The second-order valence-corrected chi connectivity index (χ2v) is 7.63. The van der Waals surface area contributed by atoms with Crippen molar-refractivity contribution in [2.45, 2.75) is 6.54 Å². The first kappa shape index (κ1) is 20.4. The van der Waals surface area contributed by atoms with Crippen LogP contribution in [0.5, 0.6) is 0 Å². The van der Waals surface area contributed by atoms with E-state index in [1.54, 1.807) is 6.07 Å². The zero-order chi connectivity index (χ0) is 22.9. The van der Waals surface area contributed by atoms with Gasteiger partial charge in [0.05, 0.1) is 5.69 Å². The van der Waals surface area contributed by atoms with Crippen molar-refractivity contribution in [3.8, 4) is 0 Å². The minimum Gasteiger partial charge on any atom is -0.344 e. The molecule has 1 aliphatic rings. The summed E-state index contributed by atoms with van der Waals surface area (Å²) in [4.78, 5) is 38.7. The number of carbonyl (C=O) groups is 3. The van der Waals surface area contributed by atoms with Crippen molar-refractivity contribution in [2.24, 2.45) is 0 Å². The van der Waals surface area contributed by atoms with E-state index in [1.165, 1.54) is 18.2 Å². The highest BCUT2D eigenvalue weighted by molar-refractivity contribution is 6.39. The molecule has 4 amide bonds. The Morgan fingerprint density at radius 3 is 2.42 bits per heavy atom. The maximum atomic E-state index is 13.3. The lowest BCUT2D eigenvalue weighted by Crippen LogP contribution is -2.54. The number of halogens is 1. The van der Waals surface area contributed by atoms with Gasteiger partial charge in [-0.05, 0) is 58.8 Å². The summed E-state index contributed by atoms with van der Waals surface area (Å²) in [5.74, 6) is -2.05. The Bertz CT molecular complexity index is 1430. The van der Waals surface area contributed by atoms with Crippen molar-refractivity contribution in [2.75, 3.05) is 4.90 Å². The number of rotatable bonds is 4. The molecule has 33 heavy (non-hydrogen) atoms. The van der Waals surface area contributed by atoms with Crippen LogP contribution in [0.2, 0.25) is 0 Å². The van der Waals surface area contributed by atoms with Crippen LogP contribution in [0.25, 0.3) is 16.8 Å². The summed E-state index contributed by atoms with van der Waals surface area (Å²) in [6.07, 6.45) is 3.33. The zero-order valence-electron chi connectivity index (χ0n) is 17.4. The quantitative estimate of drug-likeness (QED) is 0.376. The molecule has 1 fully saturated rings. The number of barbiturate groups is 1. The maximum absolute atomic E-state index is 13.3. The van der Waals surface area contributed by atoms with E-state index in [4.69, 9.17) is 0 Å². The van der Waals surface area contributed by atoms with Gasteiger partial charge in [-0.1, -0.05) is 42.5 Å². The van der Waals surface area contributed by atoms with E-state index in [2.05, 4.69) is 11.4 Å². The number of nitrogens with zero attached hydrogens (tertiary/aromatic N) is 2. The number of urea groups is 1. The second-order valence-electron chi connectivity index (χ2n) is 7.63. The van der Waals surface area contributed by atoms with Crippen LogP contribution in [0.4, 0.5) is 14.9 Å². The molecule has 6 nitrogen and oxygen atoms in total. The smallest absolute Gasteiger partial charge is 0.335 e. The number of amides is 4. The minimum atomic E-state index is -0.875. The Morgan fingerprint density at radius 2 is 1.61 bits per heavy atom. The van der Waals surface area contributed by atoms with Gasteiger partial charge in [-0.3, -0.25) is 14.9 Å². The summed E-state index contributed by atoms with van der Waals surface area (Å²) in [5, 5.41) is 4.42. The van der Waals surface area contributed by atoms with E-state index >= 15 is 0 Å². The molecule has 0 saturated carbocycles. The monoisotopic (exact) mass is 439 g/mol. The van der Waals surface area contributed by atoms with Crippen molar-refractivity contribution in [1.82, 2.24) is 9.88 Å². The average molecular weight is 439 g/mol. The third-order valence-corrected chi connectivity index (χ3v) is 5.56. The topological polar surface area (TPSA) is 71.4 Å². The molecule has 0 bridgehead atoms. The van der Waals surface area contributed by atoms with Gasteiger partial charge in [-0.15, -0.1) is 0 Å². The molecular weight excluding hydrogens is 421 g/mol. The van der Waals surface area contributed by atoms with Crippen LogP contribution >= 0.6 is 0 Å². The molecule has 1 N–H and O–H groups in total. The van der Waals surface area contributed by atoms with E-state index in [0.717, 1.165) is 33.4 Å². The van der Waals surface area contributed by atoms with E-state index < -0.39 is 23.7 Å². The molecule has 4 aromatic rings. The minimum absolute atomic E-state index is 0.170. The summed E-state index contributed by atoms with van der Waals surface area (Å²) in [5.41, 5.74) is 1.71. The summed E-state index contributed by atoms with van der Waals surface area (Å²) in [6, 6.07) is 21.8. The van der Waals surface area contributed by atoms with E-state index in [-0.39, 0.29) is 11.3 Å². The van der Waals surface area contributed by atoms with Gasteiger partial charge in [0.1, 0.15) is 11.4 Å². The molecule has 1 saturated heterocycles. The van der Waals surface area contributed by atoms with Crippen LogP contribution in [-0.4, -0.2) is 22.4 Å². The highest BCUT2D eigenvalue weighted by atomic mass is 19.1. The Morgan fingerprint density at radius 1 is 0.848 bits per heavy atom. The molecule has 0 aliphatic carbocycles. The van der Waals surface area contributed by atoms with Gasteiger partial charge < -0.3 is 4.57 Å². The zero-order valence-corrected chi connectivity index (χ0v) is 17.4. The summed E-state index contributed by atoms with van der Waals surface area (Å²) in [7, 11) is 0. The van der Waals surface area contributed by atoms with Crippen LogP contribution in [0.3, 0.4) is 0 Å². The molecule has 1 aromatic heterocycles. The van der Waals surface area contributed by atoms with Crippen molar-refractivity contribution < 1.29 is 18.8 Å². The summed E-state index contributed by atoms with van der Waals surface area (Å²) in [6.45, 7) is 0.532. The van der Waals surface area contributed by atoms with Gasteiger partial charge >= 0.3 is 6.03 Å². The van der Waals surface area contributed by atoms with Gasteiger partial charge in [0.25, 0.3) is 11.8 Å². The molecule has 0 radical (unpaired) electrons. The number of anilines is 1. The van der Waals surface area contributed by atoms with Crippen LogP contribution < -0.4 is 10.2 Å². The third kappa shape index (κ3) is 3.80. The van der Waals surface area contributed by atoms with Gasteiger partial charge in [-0.25, -0.2) is 14.1 Å². The normalized spacial score (nSPS) is 15.4.